The second-order valence-electron chi connectivity index (χ2n) is 7.44. The second-order valence-corrected chi connectivity index (χ2v) is 7.44. The Bertz CT molecular complexity index is 790. The number of fused-ring (bicyclic) bond motifs is 1. The fourth-order valence-corrected chi connectivity index (χ4v) is 4.05. The van der Waals surface area contributed by atoms with Crippen LogP contribution in [0, 0.1) is 5.82 Å². The van der Waals surface area contributed by atoms with Crippen LogP contribution in [0.2, 0.25) is 0 Å². The van der Waals surface area contributed by atoms with Crippen molar-refractivity contribution < 1.29 is 13.9 Å². The van der Waals surface area contributed by atoms with Crippen LogP contribution in [0.4, 0.5) is 10.1 Å². The molecule has 0 aromatic heterocycles. The fraction of sp³-hybridized carbons (Fsp3) is 0.409. The van der Waals surface area contributed by atoms with E-state index in [4.69, 9.17) is 4.74 Å². The molecule has 1 heterocycles. The topological polar surface area (TPSA) is 41.6 Å². The van der Waals surface area contributed by atoms with Crippen molar-refractivity contribution in [1.82, 2.24) is 5.32 Å². The first kappa shape index (κ1) is 17.8. The van der Waals surface area contributed by atoms with E-state index in [-0.39, 0.29) is 17.8 Å². The highest BCUT2D eigenvalue weighted by atomic mass is 19.1. The van der Waals surface area contributed by atoms with E-state index in [0.717, 1.165) is 24.1 Å². The molecule has 0 saturated heterocycles. The van der Waals surface area contributed by atoms with Crippen molar-refractivity contribution in [2.45, 2.75) is 50.7 Å². The van der Waals surface area contributed by atoms with Crippen molar-refractivity contribution in [3.8, 4) is 5.75 Å². The molecule has 0 bridgehead atoms. The Morgan fingerprint density at radius 3 is 2.70 bits per heavy atom. The summed E-state index contributed by atoms with van der Waals surface area (Å²) in [5.74, 6) is 0.295. The molecule has 1 aliphatic carbocycles. The van der Waals surface area contributed by atoms with Gasteiger partial charge in [-0.05, 0) is 30.5 Å². The van der Waals surface area contributed by atoms with Gasteiger partial charge in [-0.15, -0.1) is 0 Å². The quantitative estimate of drug-likeness (QED) is 0.866. The van der Waals surface area contributed by atoms with Gasteiger partial charge in [-0.25, -0.2) is 4.39 Å². The summed E-state index contributed by atoms with van der Waals surface area (Å²) in [6.07, 6.45) is 4.90. The maximum atomic E-state index is 13.6. The first-order valence-electron chi connectivity index (χ1n) is 9.71. The standard InChI is InChI=1S/C22H25FN2O2/c23-17-10-11-20-21(12-17)27-15-19(13-22(26)24-18-8-4-5-9-18)25(20)14-16-6-2-1-3-7-16/h1-3,6-7,10-12,18-19H,4-5,8-9,13-15H2,(H,24,26)/t19-/m1/s1. The van der Waals surface area contributed by atoms with E-state index in [1.807, 2.05) is 18.2 Å². The van der Waals surface area contributed by atoms with Gasteiger partial charge in [0.1, 0.15) is 18.2 Å². The smallest absolute Gasteiger partial charge is 0.222 e. The Balaban J connectivity index is 1.53. The van der Waals surface area contributed by atoms with Gasteiger partial charge in [0, 0.05) is 18.7 Å². The summed E-state index contributed by atoms with van der Waals surface area (Å²) in [7, 11) is 0. The third-order valence-electron chi connectivity index (χ3n) is 5.44. The monoisotopic (exact) mass is 368 g/mol. The normalized spacial score (nSPS) is 19.4. The largest absolute Gasteiger partial charge is 0.489 e. The second kappa shape index (κ2) is 7.99. The molecule has 1 saturated carbocycles. The summed E-state index contributed by atoms with van der Waals surface area (Å²) in [6, 6.07) is 15.0. The van der Waals surface area contributed by atoms with Crippen LogP contribution in [-0.4, -0.2) is 24.6 Å². The fourth-order valence-electron chi connectivity index (χ4n) is 4.05. The Labute approximate surface area is 159 Å². The third kappa shape index (κ3) is 4.24. The summed E-state index contributed by atoms with van der Waals surface area (Å²) in [6.45, 7) is 1.03. The number of hydrogen-bond donors (Lipinski definition) is 1. The van der Waals surface area contributed by atoms with Gasteiger partial charge in [0.25, 0.3) is 0 Å². The zero-order valence-corrected chi connectivity index (χ0v) is 15.4. The molecule has 27 heavy (non-hydrogen) atoms. The molecule has 4 nitrogen and oxygen atoms in total. The summed E-state index contributed by atoms with van der Waals surface area (Å²) in [5.41, 5.74) is 1.99. The van der Waals surface area contributed by atoms with Gasteiger partial charge in [-0.3, -0.25) is 4.79 Å². The lowest BCUT2D eigenvalue weighted by molar-refractivity contribution is -0.122. The minimum absolute atomic E-state index is 0.0686. The molecule has 142 valence electrons. The molecular formula is C22H25FN2O2. The number of halogens is 1. The van der Waals surface area contributed by atoms with E-state index in [0.29, 0.717) is 31.4 Å². The van der Waals surface area contributed by atoms with Crippen molar-refractivity contribution in [3.05, 3.63) is 59.9 Å². The lowest BCUT2D eigenvalue weighted by atomic mass is 10.1. The number of carbonyl (C=O) groups excluding carboxylic acids is 1. The van der Waals surface area contributed by atoms with E-state index < -0.39 is 0 Å². The number of rotatable bonds is 5. The zero-order valence-electron chi connectivity index (χ0n) is 15.4. The number of carbonyl (C=O) groups is 1. The molecule has 5 heteroatoms. The summed E-state index contributed by atoms with van der Waals surface area (Å²) in [5, 5.41) is 3.16. The summed E-state index contributed by atoms with van der Waals surface area (Å²) < 4.78 is 19.4. The highest BCUT2D eigenvalue weighted by Crippen LogP contribution is 2.36. The Morgan fingerprint density at radius 2 is 1.93 bits per heavy atom. The molecule has 0 unspecified atom stereocenters. The third-order valence-corrected chi connectivity index (χ3v) is 5.44. The van der Waals surface area contributed by atoms with E-state index in [2.05, 4.69) is 22.3 Å². The number of amides is 1. The van der Waals surface area contributed by atoms with Crippen LogP contribution in [0.15, 0.2) is 48.5 Å². The first-order chi connectivity index (χ1) is 13.2. The number of nitrogens with one attached hydrogen (secondary N) is 1. The van der Waals surface area contributed by atoms with Crippen molar-refractivity contribution in [2.75, 3.05) is 11.5 Å². The number of benzene rings is 2. The molecule has 1 aliphatic heterocycles. The molecule has 1 atom stereocenters. The van der Waals surface area contributed by atoms with Crippen LogP contribution in [-0.2, 0) is 11.3 Å². The van der Waals surface area contributed by atoms with Gasteiger partial charge >= 0.3 is 0 Å². The van der Waals surface area contributed by atoms with Crippen LogP contribution < -0.4 is 15.0 Å². The number of ether oxygens (including phenoxy) is 1. The number of anilines is 1. The SMILES string of the molecule is O=C(C[C@@H]1COc2cc(F)ccc2N1Cc1ccccc1)NC1CCCC1. The van der Waals surface area contributed by atoms with Crippen molar-refractivity contribution in [3.63, 3.8) is 0 Å². The Kier molecular flexibility index (Phi) is 5.28. The lowest BCUT2D eigenvalue weighted by Crippen LogP contribution is -2.46. The molecule has 1 N–H and O–H groups in total. The van der Waals surface area contributed by atoms with E-state index in [1.54, 1.807) is 6.07 Å². The minimum Gasteiger partial charge on any atom is -0.489 e. The first-order valence-corrected chi connectivity index (χ1v) is 9.71. The number of nitrogens with zero attached hydrogens (tertiary/aromatic N) is 1. The van der Waals surface area contributed by atoms with E-state index in [9.17, 15) is 9.18 Å². The van der Waals surface area contributed by atoms with Crippen molar-refractivity contribution in [1.29, 1.82) is 0 Å². The predicted molar refractivity (Wildman–Crippen MR) is 103 cm³/mol. The van der Waals surface area contributed by atoms with Crippen LogP contribution in [0.5, 0.6) is 5.75 Å². The molecule has 0 spiro atoms. The molecule has 4 rings (SSSR count). The molecule has 1 amide bonds. The minimum atomic E-state index is -0.314. The van der Waals surface area contributed by atoms with Crippen LogP contribution in [0.25, 0.3) is 0 Å². The average molecular weight is 368 g/mol. The average Bonchev–Trinajstić information content (AvgIpc) is 3.17. The summed E-state index contributed by atoms with van der Waals surface area (Å²) >= 11 is 0. The molecule has 2 aliphatic rings. The molecule has 1 fully saturated rings. The van der Waals surface area contributed by atoms with Gasteiger partial charge in [-0.1, -0.05) is 43.2 Å². The van der Waals surface area contributed by atoms with Crippen molar-refractivity contribution >= 4 is 11.6 Å². The van der Waals surface area contributed by atoms with Crippen molar-refractivity contribution in [2.24, 2.45) is 0 Å². The summed E-state index contributed by atoms with van der Waals surface area (Å²) in [4.78, 5) is 14.7. The van der Waals surface area contributed by atoms with Gasteiger partial charge in [0.2, 0.25) is 5.91 Å². The maximum absolute atomic E-state index is 13.6. The Morgan fingerprint density at radius 1 is 1.15 bits per heavy atom. The zero-order chi connectivity index (χ0) is 18.6. The van der Waals surface area contributed by atoms with Gasteiger partial charge in [-0.2, -0.15) is 0 Å². The van der Waals surface area contributed by atoms with Gasteiger partial charge in [0.15, 0.2) is 0 Å². The highest BCUT2D eigenvalue weighted by molar-refractivity contribution is 5.78. The molecular weight excluding hydrogens is 343 g/mol. The van der Waals surface area contributed by atoms with E-state index in [1.165, 1.54) is 25.0 Å². The van der Waals surface area contributed by atoms with Crippen LogP contribution in [0.1, 0.15) is 37.7 Å². The van der Waals surface area contributed by atoms with Crippen LogP contribution >= 0.6 is 0 Å². The molecule has 0 radical (unpaired) electrons. The molecule has 2 aromatic rings. The van der Waals surface area contributed by atoms with E-state index >= 15 is 0 Å². The van der Waals surface area contributed by atoms with Gasteiger partial charge < -0.3 is 15.0 Å². The lowest BCUT2D eigenvalue weighted by Gasteiger charge is -2.38. The maximum Gasteiger partial charge on any atom is 0.222 e. The van der Waals surface area contributed by atoms with Gasteiger partial charge in [0.05, 0.1) is 18.2 Å². The highest BCUT2D eigenvalue weighted by Gasteiger charge is 2.30. The predicted octanol–water partition coefficient (Wildman–Crippen LogP) is 4.04. The van der Waals surface area contributed by atoms with Crippen LogP contribution in [0.3, 0.4) is 0 Å². The molecule has 2 aromatic carbocycles. The Hall–Kier alpha value is -2.56. The number of hydrogen-bond acceptors (Lipinski definition) is 3.